The van der Waals surface area contributed by atoms with Crippen molar-refractivity contribution in [2.75, 3.05) is 13.7 Å². The molecule has 0 fully saturated rings. The Morgan fingerprint density at radius 3 is 2.90 bits per heavy atom. The number of ether oxygens (including phenoxy) is 2. The Kier molecular flexibility index (Phi) is 2.73. The average Bonchev–Trinajstić information content (AvgIpc) is 2.53. The summed E-state index contributed by atoms with van der Waals surface area (Å²) in [4.78, 5) is 0. The second-order valence-corrected chi connectivity index (χ2v) is 5.93. The van der Waals surface area contributed by atoms with E-state index in [1.54, 1.807) is 7.11 Å². The maximum atomic E-state index is 11.1. The van der Waals surface area contributed by atoms with E-state index in [4.69, 9.17) is 9.47 Å². The summed E-state index contributed by atoms with van der Waals surface area (Å²) in [5, 5.41) is 11.1. The van der Waals surface area contributed by atoms with Crippen molar-refractivity contribution in [1.29, 1.82) is 0 Å². The summed E-state index contributed by atoms with van der Waals surface area (Å²) in [6.07, 6.45) is 1.62. The molecule has 0 aromatic heterocycles. The minimum atomic E-state index is -0.826. The van der Waals surface area contributed by atoms with E-state index in [0.29, 0.717) is 6.61 Å². The summed E-state index contributed by atoms with van der Waals surface area (Å²) in [7, 11) is 1.66. The Bertz CT molecular complexity index is 695. The number of aryl methyl sites for hydroxylation is 1. The van der Waals surface area contributed by atoms with Crippen molar-refractivity contribution in [3.63, 3.8) is 0 Å². The predicted molar refractivity (Wildman–Crippen MR) is 80.0 cm³/mol. The molecule has 0 saturated heterocycles. The molecule has 1 heterocycles. The van der Waals surface area contributed by atoms with Crippen molar-refractivity contribution in [3.05, 3.63) is 59.2 Å². The fourth-order valence-electron chi connectivity index (χ4n) is 3.65. The molecular formula is C18H18O3. The van der Waals surface area contributed by atoms with E-state index in [1.165, 1.54) is 11.1 Å². The van der Waals surface area contributed by atoms with Gasteiger partial charge in [0.15, 0.2) is 0 Å². The molecule has 0 unspecified atom stereocenters. The lowest BCUT2D eigenvalue weighted by atomic mass is 9.68. The summed E-state index contributed by atoms with van der Waals surface area (Å²) in [6.45, 7) is 0.353. The molecule has 1 N–H and O–H groups in total. The van der Waals surface area contributed by atoms with E-state index in [-0.39, 0.29) is 5.92 Å². The molecule has 2 atom stereocenters. The molecule has 0 spiro atoms. The van der Waals surface area contributed by atoms with Crippen LogP contribution in [-0.2, 0) is 6.42 Å². The number of aliphatic hydroxyl groups is 1. The van der Waals surface area contributed by atoms with Crippen LogP contribution in [0.4, 0.5) is 0 Å². The Hall–Kier alpha value is -2.00. The first-order valence-electron chi connectivity index (χ1n) is 7.32. The molecule has 3 nitrogen and oxygen atoms in total. The van der Waals surface area contributed by atoms with Crippen molar-refractivity contribution in [1.82, 2.24) is 0 Å². The smallest absolute Gasteiger partial charge is 0.123 e. The van der Waals surface area contributed by atoms with Crippen LogP contribution in [0.3, 0.4) is 0 Å². The van der Waals surface area contributed by atoms with Gasteiger partial charge in [0.25, 0.3) is 0 Å². The first-order valence-corrected chi connectivity index (χ1v) is 7.32. The van der Waals surface area contributed by atoms with Crippen molar-refractivity contribution < 1.29 is 14.6 Å². The second kappa shape index (κ2) is 4.50. The van der Waals surface area contributed by atoms with Crippen LogP contribution in [-0.4, -0.2) is 24.4 Å². The number of methoxy groups -OCH3 is 1. The monoisotopic (exact) mass is 282 g/mol. The van der Waals surface area contributed by atoms with Gasteiger partial charge >= 0.3 is 0 Å². The maximum absolute atomic E-state index is 11.1. The number of hydrogen-bond donors (Lipinski definition) is 1. The Balaban J connectivity index is 1.94. The summed E-state index contributed by atoms with van der Waals surface area (Å²) >= 11 is 0. The number of rotatable bonds is 1. The minimum absolute atomic E-state index is 0.0405. The first kappa shape index (κ1) is 12.7. The second-order valence-electron chi connectivity index (χ2n) is 5.93. The Morgan fingerprint density at radius 1 is 1.19 bits per heavy atom. The Labute approximate surface area is 124 Å². The molecule has 108 valence electrons. The molecular weight excluding hydrogens is 264 g/mol. The van der Waals surface area contributed by atoms with Gasteiger partial charge < -0.3 is 14.6 Å². The van der Waals surface area contributed by atoms with Crippen LogP contribution in [0.25, 0.3) is 0 Å². The van der Waals surface area contributed by atoms with E-state index in [1.807, 2.05) is 24.3 Å². The largest absolute Gasteiger partial charge is 0.497 e. The van der Waals surface area contributed by atoms with E-state index >= 15 is 0 Å². The molecule has 2 aliphatic rings. The topological polar surface area (TPSA) is 38.7 Å². The summed E-state index contributed by atoms with van der Waals surface area (Å²) < 4.78 is 11.1. The van der Waals surface area contributed by atoms with E-state index < -0.39 is 5.60 Å². The zero-order valence-corrected chi connectivity index (χ0v) is 12.0. The van der Waals surface area contributed by atoms with Gasteiger partial charge in [-0.15, -0.1) is 0 Å². The van der Waals surface area contributed by atoms with Gasteiger partial charge in [0.2, 0.25) is 0 Å². The number of benzene rings is 2. The van der Waals surface area contributed by atoms with E-state index in [0.717, 1.165) is 29.9 Å². The molecule has 3 heteroatoms. The third-order valence-electron chi connectivity index (χ3n) is 4.74. The molecule has 0 radical (unpaired) electrons. The zero-order valence-electron chi connectivity index (χ0n) is 12.0. The highest BCUT2D eigenvalue weighted by atomic mass is 16.5. The van der Waals surface area contributed by atoms with Gasteiger partial charge in [-0.05, 0) is 42.2 Å². The van der Waals surface area contributed by atoms with Gasteiger partial charge in [-0.2, -0.15) is 0 Å². The van der Waals surface area contributed by atoms with Crippen LogP contribution >= 0.6 is 0 Å². The van der Waals surface area contributed by atoms with Gasteiger partial charge in [0.1, 0.15) is 23.7 Å². The lowest BCUT2D eigenvalue weighted by Crippen LogP contribution is -2.48. The van der Waals surface area contributed by atoms with Crippen LogP contribution in [0.2, 0.25) is 0 Å². The highest BCUT2D eigenvalue weighted by Gasteiger charge is 2.47. The summed E-state index contributed by atoms with van der Waals surface area (Å²) in [6, 6.07) is 14.2. The molecule has 2 aromatic carbocycles. The predicted octanol–water partition coefficient (Wildman–Crippen LogP) is 2.90. The number of fused-ring (bicyclic) bond motifs is 5. The first-order chi connectivity index (χ1) is 10.2. The molecule has 21 heavy (non-hydrogen) atoms. The third-order valence-corrected chi connectivity index (χ3v) is 4.74. The lowest BCUT2D eigenvalue weighted by molar-refractivity contribution is -0.0428. The third kappa shape index (κ3) is 1.84. The molecule has 1 aliphatic carbocycles. The van der Waals surface area contributed by atoms with E-state index in [9.17, 15) is 5.11 Å². The van der Waals surface area contributed by atoms with Crippen LogP contribution < -0.4 is 9.47 Å². The van der Waals surface area contributed by atoms with Gasteiger partial charge in [-0.25, -0.2) is 0 Å². The number of hydrogen-bond acceptors (Lipinski definition) is 3. The maximum Gasteiger partial charge on any atom is 0.123 e. The minimum Gasteiger partial charge on any atom is -0.497 e. The molecule has 0 saturated carbocycles. The van der Waals surface area contributed by atoms with Crippen molar-refractivity contribution in [2.45, 2.75) is 24.4 Å². The van der Waals surface area contributed by atoms with Crippen molar-refractivity contribution in [2.24, 2.45) is 0 Å². The highest BCUT2D eigenvalue weighted by molar-refractivity contribution is 5.52. The van der Waals surface area contributed by atoms with Crippen molar-refractivity contribution in [3.8, 4) is 11.5 Å². The fourth-order valence-corrected chi connectivity index (χ4v) is 3.65. The molecule has 1 aliphatic heterocycles. The fraction of sp³-hybridized carbons (Fsp3) is 0.333. The zero-order chi connectivity index (χ0) is 14.4. The summed E-state index contributed by atoms with van der Waals surface area (Å²) in [5.74, 6) is 1.60. The van der Waals surface area contributed by atoms with Gasteiger partial charge in [-0.3, -0.25) is 0 Å². The highest BCUT2D eigenvalue weighted by Crippen LogP contribution is 2.50. The Morgan fingerprint density at radius 2 is 2.05 bits per heavy atom. The quantitative estimate of drug-likeness (QED) is 0.874. The molecule has 4 rings (SSSR count). The molecule has 0 bridgehead atoms. The van der Waals surface area contributed by atoms with Crippen LogP contribution in [0.1, 0.15) is 29.0 Å². The van der Waals surface area contributed by atoms with Gasteiger partial charge in [0.05, 0.1) is 7.11 Å². The normalized spacial score (nSPS) is 26.1. The SMILES string of the molecule is COc1ccc2c(c1)[C@H]1c3ccccc3CC[C@]1(O)CO2. The molecule has 2 aromatic rings. The standard InChI is InChI=1S/C18H18O3/c1-20-13-6-7-16-15(10-13)17-14-5-3-2-4-12(14)8-9-18(17,19)11-21-16/h2-7,10,17,19H,8-9,11H2,1H3/t17-,18+/m1/s1. The van der Waals surface area contributed by atoms with E-state index in [2.05, 4.69) is 18.2 Å². The average molecular weight is 282 g/mol. The molecule has 0 amide bonds. The van der Waals surface area contributed by atoms with Gasteiger partial charge in [-0.1, -0.05) is 24.3 Å². The lowest BCUT2D eigenvalue weighted by Gasteiger charge is -2.45. The van der Waals surface area contributed by atoms with Crippen LogP contribution in [0.5, 0.6) is 11.5 Å². The van der Waals surface area contributed by atoms with Gasteiger partial charge in [0, 0.05) is 11.5 Å². The summed E-state index contributed by atoms with van der Waals surface area (Å²) in [5.41, 5.74) is 2.73. The van der Waals surface area contributed by atoms with Crippen LogP contribution in [0, 0.1) is 0 Å². The van der Waals surface area contributed by atoms with Crippen molar-refractivity contribution >= 4 is 0 Å². The van der Waals surface area contributed by atoms with Crippen LogP contribution in [0.15, 0.2) is 42.5 Å².